The van der Waals surface area contributed by atoms with Gasteiger partial charge in [-0.3, -0.25) is 5.32 Å². The van der Waals surface area contributed by atoms with E-state index < -0.39 is 17.5 Å². The Bertz CT molecular complexity index is 853. The number of methoxy groups -OCH3 is 1. The first-order valence-electron chi connectivity index (χ1n) is 7.52. The lowest BCUT2D eigenvalue weighted by molar-refractivity contribution is 0.162. The van der Waals surface area contributed by atoms with Gasteiger partial charge in [-0.2, -0.15) is 0 Å². The molecule has 1 unspecified atom stereocenters. The molecule has 7 nitrogen and oxygen atoms in total. The molecule has 0 saturated heterocycles. The first kappa shape index (κ1) is 17.3. The lowest BCUT2D eigenvalue weighted by atomic mass is 10.2. The molecule has 0 aliphatic heterocycles. The third-order valence-electron chi connectivity index (χ3n) is 3.42. The fourth-order valence-corrected chi connectivity index (χ4v) is 3.27. The van der Waals surface area contributed by atoms with Gasteiger partial charge in [-0.1, -0.05) is 42.5 Å². The summed E-state index contributed by atoms with van der Waals surface area (Å²) in [4.78, 5) is 15.8. The molecular weight excluding hydrogens is 342 g/mol. The van der Waals surface area contributed by atoms with Crippen molar-refractivity contribution in [2.24, 2.45) is 0 Å². The van der Waals surface area contributed by atoms with Crippen LogP contribution in [0.3, 0.4) is 0 Å². The van der Waals surface area contributed by atoms with Crippen LogP contribution in [-0.2, 0) is 27.4 Å². The molecule has 0 spiro atoms. The lowest BCUT2D eigenvalue weighted by Crippen LogP contribution is -2.23. The molecule has 3 aromatic rings. The maximum Gasteiger partial charge on any atom is 0.413 e. The van der Waals surface area contributed by atoms with Crippen molar-refractivity contribution in [3.8, 4) is 0 Å². The van der Waals surface area contributed by atoms with Gasteiger partial charge >= 0.3 is 6.09 Å². The highest BCUT2D eigenvalue weighted by molar-refractivity contribution is 7.90. The average molecular weight is 359 g/mol. The number of rotatable bonds is 6. The molecule has 8 heteroatoms. The Kier molecular flexibility index (Phi) is 5.54. The first-order valence-corrected chi connectivity index (χ1v) is 8.79. The summed E-state index contributed by atoms with van der Waals surface area (Å²) < 4.78 is 24.3. The molecule has 1 N–H and O–H groups in total. The minimum Gasteiger partial charge on any atom is -0.591 e. The Morgan fingerprint density at radius 2 is 1.92 bits per heavy atom. The number of para-hydroxylation sites is 2. The Morgan fingerprint density at radius 3 is 2.68 bits per heavy atom. The van der Waals surface area contributed by atoms with Crippen molar-refractivity contribution in [3.05, 3.63) is 60.2 Å². The number of carbonyl (C=O) groups is 1. The van der Waals surface area contributed by atoms with Gasteiger partial charge < -0.3 is 14.0 Å². The van der Waals surface area contributed by atoms with Gasteiger partial charge in [0.1, 0.15) is 16.9 Å². The van der Waals surface area contributed by atoms with E-state index in [2.05, 4.69) is 15.0 Å². The van der Waals surface area contributed by atoms with Crippen LogP contribution in [0.4, 0.5) is 10.7 Å². The molecule has 0 aliphatic carbocycles. The predicted molar refractivity (Wildman–Crippen MR) is 95.4 cm³/mol. The van der Waals surface area contributed by atoms with Crippen LogP contribution >= 0.6 is 0 Å². The van der Waals surface area contributed by atoms with Gasteiger partial charge in [-0.15, -0.1) is 3.97 Å². The minimum absolute atomic E-state index is 0.0366. The Labute approximate surface area is 147 Å². The maximum absolute atomic E-state index is 12.7. The molecule has 25 heavy (non-hydrogen) atoms. The van der Waals surface area contributed by atoms with Crippen LogP contribution in [0.1, 0.15) is 5.56 Å². The third kappa shape index (κ3) is 4.11. The van der Waals surface area contributed by atoms with Gasteiger partial charge in [0.15, 0.2) is 0 Å². The quantitative estimate of drug-likeness (QED) is 0.684. The third-order valence-corrected chi connectivity index (χ3v) is 4.56. The number of benzene rings is 2. The van der Waals surface area contributed by atoms with Crippen LogP contribution in [0, 0.1) is 0 Å². The molecule has 0 radical (unpaired) electrons. The number of nitrogens with zero attached hydrogens (tertiary/aromatic N) is 2. The monoisotopic (exact) mass is 359 g/mol. The number of hydrogen-bond donors (Lipinski definition) is 1. The van der Waals surface area contributed by atoms with E-state index in [-0.39, 0.29) is 11.9 Å². The molecule has 0 bridgehead atoms. The smallest absolute Gasteiger partial charge is 0.413 e. The van der Waals surface area contributed by atoms with Crippen LogP contribution in [-0.4, -0.2) is 32.7 Å². The van der Waals surface area contributed by atoms with Crippen LogP contribution < -0.4 is 5.32 Å². The van der Waals surface area contributed by atoms with E-state index in [0.29, 0.717) is 17.6 Å². The number of anilines is 1. The van der Waals surface area contributed by atoms with E-state index in [1.54, 1.807) is 12.1 Å². The van der Waals surface area contributed by atoms with Crippen molar-refractivity contribution in [3.63, 3.8) is 0 Å². The van der Waals surface area contributed by atoms with Crippen molar-refractivity contribution in [2.45, 2.75) is 6.61 Å². The van der Waals surface area contributed by atoms with Gasteiger partial charge in [0.2, 0.25) is 5.94 Å². The number of fused-ring (bicyclic) bond motifs is 1. The fourth-order valence-electron chi connectivity index (χ4n) is 2.29. The molecule has 1 amide bonds. The van der Waals surface area contributed by atoms with Crippen molar-refractivity contribution in [1.82, 2.24) is 8.96 Å². The number of carbonyl (C=O) groups excluding carboxylic acids is 1. The van der Waals surface area contributed by atoms with E-state index in [0.717, 1.165) is 5.56 Å². The fraction of sp³-hybridized carbons (Fsp3) is 0.176. The summed E-state index contributed by atoms with van der Waals surface area (Å²) >= 11 is -1.57. The largest absolute Gasteiger partial charge is 0.591 e. The standard InChI is InChI=1S/C17H17N3O4S/c1-23-17(21)19-16-18-14-9-5-6-10-15(14)20(16)25(22)12-24-11-13-7-3-2-4-8-13/h2-10H,11-12H2,1H3,(H,18,19,21). The molecule has 0 saturated carbocycles. The Balaban J connectivity index is 1.77. The van der Waals surface area contributed by atoms with Crippen molar-refractivity contribution < 1.29 is 18.8 Å². The predicted octanol–water partition coefficient (Wildman–Crippen LogP) is 2.90. The average Bonchev–Trinajstić information content (AvgIpc) is 3.00. The molecule has 1 atom stereocenters. The van der Waals surface area contributed by atoms with Crippen LogP contribution in [0.15, 0.2) is 54.6 Å². The molecule has 0 fully saturated rings. The second-order valence-electron chi connectivity index (χ2n) is 5.11. The number of ether oxygens (including phenoxy) is 2. The summed E-state index contributed by atoms with van der Waals surface area (Å²) in [5.74, 6) is 0.111. The van der Waals surface area contributed by atoms with Crippen LogP contribution in [0.5, 0.6) is 0 Å². The molecular formula is C17H17N3O4S. The van der Waals surface area contributed by atoms with Gasteiger partial charge in [-0.05, 0) is 17.7 Å². The highest BCUT2D eigenvalue weighted by Gasteiger charge is 2.22. The first-order chi connectivity index (χ1) is 12.2. The zero-order valence-electron chi connectivity index (χ0n) is 13.5. The molecule has 3 rings (SSSR count). The zero-order valence-corrected chi connectivity index (χ0v) is 14.4. The summed E-state index contributed by atoms with van der Waals surface area (Å²) in [6.07, 6.45) is -0.682. The van der Waals surface area contributed by atoms with E-state index >= 15 is 0 Å². The normalized spacial score (nSPS) is 12.1. The van der Waals surface area contributed by atoms with Gasteiger partial charge in [0, 0.05) is 0 Å². The summed E-state index contributed by atoms with van der Waals surface area (Å²) in [5.41, 5.74) is 2.24. The molecule has 1 heterocycles. The topological polar surface area (TPSA) is 88.4 Å². The lowest BCUT2D eigenvalue weighted by Gasteiger charge is -2.14. The maximum atomic E-state index is 12.7. The van der Waals surface area contributed by atoms with Gasteiger partial charge in [0.05, 0.1) is 19.2 Å². The molecule has 0 aliphatic rings. The van der Waals surface area contributed by atoms with E-state index in [4.69, 9.17) is 4.74 Å². The van der Waals surface area contributed by atoms with E-state index in [1.165, 1.54) is 11.1 Å². The number of amides is 1. The zero-order chi connectivity index (χ0) is 17.6. The van der Waals surface area contributed by atoms with Gasteiger partial charge in [-0.25, -0.2) is 9.78 Å². The van der Waals surface area contributed by atoms with E-state index in [9.17, 15) is 9.35 Å². The van der Waals surface area contributed by atoms with Crippen LogP contribution in [0.2, 0.25) is 0 Å². The second kappa shape index (κ2) is 8.02. The molecule has 2 aromatic carbocycles. The number of hydrogen-bond acceptors (Lipinski definition) is 5. The highest BCUT2D eigenvalue weighted by Crippen LogP contribution is 2.22. The van der Waals surface area contributed by atoms with Gasteiger partial charge in [0.25, 0.3) is 5.95 Å². The summed E-state index contributed by atoms with van der Waals surface area (Å²) in [7, 11) is 1.25. The molecule has 130 valence electrons. The Morgan fingerprint density at radius 1 is 1.20 bits per heavy atom. The second-order valence-corrected chi connectivity index (χ2v) is 6.35. The van der Waals surface area contributed by atoms with E-state index in [1.807, 2.05) is 42.5 Å². The van der Waals surface area contributed by atoms with Crippen LogP contribution in [0.25, 0.3) is 11.0 Å². The summed E-state index contributed by atoms with van der Waals surface area (Å²) in [6.45, 7) is 0.346. The summed E-state index contributed by atoms with van der Waals surface area (Å²) in [6, 6.07) is 16.8. The number of nitrogens with one attached hydrogen (secondary N) is 1. The highest BCUT2D eigenvalue weighted by atomic mass is 32.2. The minimum atomic E-state index is -1.57. The summed E-state index contributed by atoms with van der Waals surface area (Å²) in [5, 5.41) is 2.48. The Hall–Kier alpha value is -2.55. The molecule has 1 aromatic heterocycles. The van der Waals surface area contributed by atoms with Crippen molar-refractivity contribution >= 4 is 34.4 Å². The van der Waals surface area contributed by atoms with Crippen molar-refractivity contribution in [2.75, 3.05) is 18.4 Å². The number of aromatic nitrogens is 2. The SMILES string of the molecule is COC(=O)Nc1nc2ccccc2n1[S+]([O-])COCc1ccccc1. The van der Waals surface area contributed by atoms with Crippen molar-refractivity contribution in [1.29, 1.82) is 0 Å². The number of imidazole rings is 1.